The Morgan fingerprint density at radius 3 is 2.18 bits per heavy atom. The van der Waals surface area contributed by atoms with E-state index in [-0.39, 0.29) is 0 Å². The molecule has 0 fully saturated rings. The van der Waals surface area contributed by atoms with Gasteiger partial charge in [0.1, 0.15) is 0 Å². The first-order valence-corrected chi connectivity index (χ1v) is 4.14. The number of hydrogen-bond acceptors (Lipinski definition) is 1. The molecule has 0 saturated heterocycles. The molecule has 0 aromatic rings. The van der Waals surface area contributed by atoms with Crippen LogP contribution in [0.5, 0.6) is 0 Å². The monoisotopic (exact) mass is 153 g/mol. The minimum atomic E-state index is 0.630. The highest BCUT2D eigenvalue weighted by molar-refractivity contribution is 5.08. The molecule has 1 heteroatoms. The van der Waals surface area contributed by atoms with Crippen molar-refractivity contribution in [1.82, 2.24) is 0 Å². The van der Waals surface area contributed by atoms with Crippen LogP contribution in [-0.2, 0) is 0 Å². The van der Waals surface area contributed by atoms with Gasteiger partial charge < -0.3 is 5.73 Å². The van der Waals surface area contributed by atoms with E-state index in [1.807, 2.05) is 19.1 Å². The lowest BCUT2D eigenvalue weighted by molar-refractivity contribution is 0.504. The first kappa shape index (κ1) is 10.3. The van der Waals surface area contributed by atoms with E-state index >= 15 is 0 Å². The highest BCUT2D eigenvalue weighted by Crippen LogP contribution is 2.10. The van der Waals surface area contributed by atoms with E-state index in [9.17, 15) is 0 Å². The molecule has 1 atom stereocenters. The van der Waals surface area contributed by atoms with Crippen LogP contribution in [0.15, 0.2) is 23.9 Å². The van der Waals surface area contributed by atoms with Gasteiger partial charge in [0.05, 0.1) is 0 Å². The molecule has 0 amide bonds. The Morgan fingerprint density at radius 1 is 1.27 bits per heavy atom. The average Bonchev–Trinajstić information content (AvgIpc) is 1.86. The van der Waals surface area contributed by atoms with Crippen LogP contribution in [-0.4, -0.2) is 0 Å². The first-order valence-electron chi connectivity index (χ1n) is 4.14. The van der Waals surface area contributed by atoms with E-state index in [0.29, 0.717) is 11.8 Å². The second-order valence-electron chi connectivity index (χ2n) is 3.40. The molecule has 0 saturated carbocycles. The third kappa shape index (κ3) is 5.71. The summed E-state index contributed by atoms with van der Waals surface area (Å²) in [6.07, 6.45) is 6.14. The first-order chi connectivity index (χ1) is 5.04. The Labute approximate surface area is 70.0 Å². The van der Waals surface area contributed by atoms with Gasteiger partial charge in [-0.25, -0.2) is 0 Å². The number of nitrogens with two attached hydrogens (primary N) is 1. The summed E-state index contributed by atoms with van der Waals surface area (Å²) in [6, 6.07) is 0. The van der Waals surface area contributed by atoms with Crippen LogP contribution in [0.2, 0.25) is 0 Å². The standard InChI is InChI=1S/C10H19N/c1-8(2)9(3)6-5-7-10(4)11/h5-9H,11H2,1-4H3/b6-5-,10-7-. The van der Waals surface area contributed by atoms with Gasteiger partial charge in [0.15, 0.2) is 0 Å². The maximum Gasteiger partial charge on any atom is 0.00487 e. The zero-order valence-electron chi connectivity index (χ0n) is 7.96. The van der Waals surface area contributed by atoms with Crippen molar-refractivity contribution in [3.63, 3.8) is 0 Å². The minimum Gasteiger partial charge on any atom is -0.402 e. The molecule has 64 valence electrons. The summed E-state index contributed by atoms with van der Waals surface area (Å²) in [7, 11) is 0. The smallest absolute Gasteiger partial charge is 0.00487 e. The van der Waals surface area contributed by atoms with Gasteiger partial charge >= 0.3 is 0 Å². The van der Waals surface area contributed by atoms with Crippen molar-refractivity contribution in [3.05, 3.63) is 23.9 Å². The molecule has 1 nitrogen and oxygen atoms in total. The van der Waals surface area contributed by atoms with Crippen LogP contribution in [0.4, 0.5) is 0 Å². The van der Waals surface area contributed by atoms with Crippen molar-refractivity contribution in [2.45, 2.75) is 27.7 Å². The second-order valence-corrected chi connectivity index (χ2v) is 3.40. The van der Waals surface area contributed by atoms with Gasteiger partial charge in [-0.3, -0.25) is 0 Å². The molecule has 0 aromatic carbocycles. The highest BCUT2D eigenvalue weighted by atomic mass is 14.5. The molecule has 1 unspecified atom stereocenters. The quantitative estimate of drug-likeness (QED) is 0.620. The van der Waals surface area contributed by atoms with E-state index in [2.05, 4.69) is 26.8 Å². The Morgan fingerprint density at radius 2 is 1.82 bits per heavy atom. The van der Waals surface area contributed by atoms with Crippen LogP contribution in [0.3, 0.4) is 0 Å². The van der Waals surface area contributed by atoms with E-state index in [0.717, 1.165) is 5.70 Å². The molecule has 0 aliphatic heterocycles. The fourth-order valence-electron chi connectivity index (χ4n) is 0.605. The van der Waals surface area contributed by atoms with Crippen molar-refractivity contribution in [2.24, 2.45) is 17.6 Å². The van der Waals surface area contributed by atoms with Gasteiger partial charge in [-0.15, -0.1) is 0 Å². The number of allylic oxidation sites excluding steroid dienone is 4. The summed E-state index contributed by atoms with van der Waals surface area (Å²) in [4.78, 5) is 0. The van der Waals surface area contributed by atoms with Crippen molar-refractivity contribution < 1.29 is 0 Å². The molecule has 0 radical (unpaired) electrons. The van der Waals surface area contributed by atoms with Crippen molar-refractivity contribution >= 4 is 0 Å². The molecule has 0 spiro atoms. The van der Waals surface area contributed by atoms with Crippen LogP contribution in [0, 0.1) is 11.8 Å². The zero-order valence-corrected chi connectivity index (χ0v) is 7.96. The second kappa shape index (κ2) is 5.00. The van der Waals surface area contributed by atoms with Gasteiger partial charge in [0.25, 0.3) is 0 Å². The Bertz CT molecular complexity index is 150. The van der Waals surface area contributed by atoms with Gasteiger partial charge in [0, 0.05) is 5.70 Å². The van der Waals surface area contributed by atoms with E-state index in [1.54, 1.807) is 0 Å². The predicted molar refractivity (Wildman–Crippen MR) is 51.1 cm³/mol. The Balaban J connectivity index is 3.84. The van der Waals surface area contributed by atoms with Gasteiger partial charge in [0.2, 0.25) is 0 Å². The lowest BCUT2D eigenvalue weighted by Gasteiger charge is -2.08. The summed E-state index contributed by atoms with van der Waals surface area (Å²) >= 11 is 0. The van der Waals surface area contributed by atoms with Gasteiger partial charge in [-0.1, -0.05) is 32.9 Å². The fourth-order valence-corrected chi connectivity index (χ4v) is 0.605. The van der Waals surface area contributed by atoms with E-state index < -0.39 is 0 Å². The van der Waals surface area contributed by atoms with Gasteiger partial charge in [-0.05, 0) is 24.8 Å². The molecule has 0 aliphatic rings. The summed E-state index contributed by atoms with van der Waals surface area (Å²) in [5, 5.41) is 0. The Hall–Kier alpha value is -0.720. The molecular formula is C10H19N. The summed E-state index contributed by atoms with van der Waals surface area (Å²) in [5.74, 6) is 1.34. The van der Waals surface area contributed by atoms with Crippen molar-refractivity contribution in [2.75, 3.05) is 0 Å². The molecule has 0 rings (SSSR count). The average molecular weight is 153 g/mol. The summed E-state index contributed by atoms with van der Waals surface area (Å²) in [5.41, 5.74) is 6.32. The van der Waals surface area contributed by atoms with Crippen molar-refractivity contribution in [1.29, 1.82) is 0 Å². The summed E-state index contributed by atoms with van der Waals surface area (Å²) in [6.45, 7) is 8.54. The topological polar surface area (TPSA) is 26.0 Å². The van der Waals surface area contributed by atoms with Crippen LogP contribution < -0.4 is 5.73 Å². The number of hydrogen-bond donors (Lipinski definition) is 1. The normalized spacial score (nSPS) is 16.3. The molecule has 11 heavy (non-hydrogen) atoms. The van der Waals surface area contributed by atoms with Crippen LogP contribution in [0.25, 0.3) is 0 Å². The molecule has 0 bridgehead atoms. The lowest BCUT2D eigenvalue weighted by Crippen LogP contribution is -1.98. The molecule has 0 aliphatic carbocycles. The maximum absolute atomic E-state index is 5.46. The van der Waals surface area contributed by atoms with E-state index in [4.69, 9.17) is 5.73 Å². The summed E-state index contributed by atoms with van der Waals surface area (Å²) < 4.78 is 0. The van der Waals surface area contributed by atoms with Crippen LogP contribution >= 0.6 is 0 Å². The third-order valence-electron chi connectivity index (χ3n) is 1.83. The number of rotatable bonds is 3. The third-order valence-corrected chi connectivity index (χ3v) is 1.83. The zero-order chi connectivity index (χ0) is 8.85. The molecular weight excluding hydrogens is 134 g/mol. The maximum atomic E-state index is 5.46. The molecule has 0 aromatic heterocycles. The minimum absolute atomic E-state index is 0.630. The SMILES string of the molecule is C/C(N)=C/C=C\C(C)C(C)C. The largest absolute Gasteiger partial charge is 0.402 e. The highest BCUT2D eigenvalue weighted by Gasteiger charge is 2.00. The van der Waals surface area contributed by atoms with E-state index in [1.165, 1.54) is 0 Å². The van der Waals surface area contributed by atoms with Crippen LogP contribution in [0.1, 0.15) is 27.7 Å². The fraction of sp³-hybridized carbons (Fsp3) is 0.600. The van der Waals surface area contributed by atoms with Crippen molar-refractivity contribution in [3.8, 4) is 0 Å². The predicted octanol–water partition coefficient (Wildman–Crippen LogP) is 2.70. The molecule has 2 N–H and O–H groups in total. The Kier molecular flexibility index (Phi) is 4.67. The lowest BCUT2D eigenvalue weighted by atomic mass is 9.98. The van der Waals surface area contributed by atoms with Gasteiger partial charge in [-0.2, -0.15) is 0 Å². The molecule has 0 heterocycles.